The largest absolute Gasteiger partial charge is 0.497 e. The van der Waals surface area contributed by atoms with Gasteiger partial charge in [-0.25, -0.2) is 9.80 Å². The van der Waals surface area contributed by atoms with Gasteiger partial charge in [0.25, 0.3) is 11.8 Å². The maximum absolute atomic E-state index is 12.9. The van der Waals surface area contributed by atoms with Crippen LogP contribution in [0.4, 0.5) is 4.79 Å². The van der Waals surface area contributed by atoms with E-state index in [0.717, 1.165) is 10.5 Å². The molecule has 1 saturated heterocycles. The van der Waals surface area contributed by atoms with Gasteiger partial charge in [-0.3, -0.25) is 19.3 Å². The van der Waals surface area contributed by atoms with Crippen LogP contribution in [0.1, 0.15) is 37.6 Å². The summed E-state index contributed by atoms with van der Waals surface area (Å²) in [6.07, 6.45) is 1.90. The van der Waals surface area contributed by atoms with Gasteiger partial charge in [0.1, 0.15) is 29.6 Å². The van der Waals surface area contributed by atoms with Crippen LogP contribution in [0.2, 0.25) is 0 Å². The summed E-state index contributed by atoms with van der Waals surface area (Å²) in [6.45, 7) is 1.86. The lowest BCUT2D eigenvalue weighted by atomic mass is 10.0. The highest BCUT2D eigenvalue weighted by Crippen LogP contribution is 2.33. The monoisotopic (exact) mass is 468 g/mol. The lowest BCUT2D eigenvalue weighted by Crippen LogP contribution is -2.41. The molecule has 0 radical (unpaired) electrons. The number of benzene rings is 1. The molecule has 2 aliphatic rings. The number of imide groups is 1. The molecule has 0 bridgehead atoms. The highest BCUT2D eigenvalue weighted by Gasteiger charge is 2.45. The Morgan fingerprint density at radius 1 is 1.21 bits per heavy atom. The third kappa shape index (κ3) is 4.49. The molecular weight excluding hydrogens is 444 g/mol. The number of rotatable bonds is 7. The van der Waals surface area contributed by atoms with Crippen LogP contribution in [0.3, 0.4) is 0 Å². The van der Waals surface area contributed by atoms with E-state index < -0.39 is 48.5 Å². The summed E-state index contributed by atoms with van der Waals surface area (Å²) in [5.74, 6) is -0.780. The van der Waals surface area contributed by atoms with E-state index >= 15 is 0 Å². The zero-order valence-electron chi connectivity index (χ0n) is 18.9. The number of hydrogen-bond donors (Lipinski definition) is 1. The van der Waals surface area contributed by atoms with Gasteiger partial charge >= 0.3 is 12.0 Å². The summed E-state index contributed by atoms with van der Waals surface area (Å²) in [7, 11) is 1.57. The highest BCUT2D eigenvalue weighted by molar-refractivity contribution is 6.08. The fraction of sp³-hybridized carbons (Fsp3) is 0.348. The molecule has 0 aliphatic carbocycles. The molecule has 1 atom stereocenters. The molecule has 1 fully saturated rings. The standard InChI is InChI=1S/C23H24N4O7/c1-23(2)21(30)26(22(31)24-23)12-20(29)34-13-19(28)27-17(18-5-4-10-33-18)11-16(25-27)14-6-8-15(32-3)9-7-14/h4-10,17H,11-13H2,1-3H3,(H,24,31). The summed E-state index contributed by atoms with van der Waals surface area (Å²) < 4.78 is 15.7. The molecular formula is C23H24N4O7. The number of carbonyl (C=O) groups excluding carboxylic acids is 4. The molecule has 1 unspecified atom stereocenters. The van der Waals surface area contributed by atoms with Crippen LogP contribution in [0.15, 0.2) is 52.2 Å². The van der Waals surface area contributed by atoms with Crippen molar-refractivity contribution in [3.05, 3.63) is 54.0 Å². The number of ether oxygens (including phenoxy) is 2. The molecule has 1 N–H and O–H groups in total. The SMILES string of the molecule is COc1ccc(C2=NN(C(=O)COC(=O)CN3C(=O)NC(C)(C)C3=O)C(c3ccco3)C2)cc1. The van der Waals surface area contributed by atoms with Crippen molar-refractivity contribution < 1.29 is 33.1 Å². The zero-order valence-corrected chi connectivity index (χ0v) is 18.9. The first kappa shape index (κ1) is 23.0. The lowest BCUT2D eigenvalue weighted by Gasteiger charge is -2.20. The molecule has 2 aromatic rings. The van der Waals surface area contributed by atoms with Gasteiger partial charge in [0.15, 0.2) is 6.61 Å². The highest BCUT2D eigenvalue weighted by atomic mass is 16.5. The molecule has 1 aromatic carbocycles. The predicted octanol–water partition coefficient (Wildman–Crippen LogP) is 1.84. The molecule has 3 heterocycles. The molecule has 2 aliphatic heterocycles. The molecule has 4 rings (SSSR count). The van der Waals surface area contributed by atoms with E-state index in [9.17, 15) is 19.2 Å². The Hall–Kier alpha value is -4.15. The maximum atomic E-state index is 12.9. The summed E-state index contributed by atoms with van der Waals surface area (Å²) in [5.41, 5.74) is 0.363. The van der Waals surface area contributed by atoms with Gasteiger partial charge in [-0.1, -0.05) is 0 Å². The van der Waals surface area contributed by atoms with Gasteiger partial charge in [-0.05, 0) is 55.8 Å². The molecule has 34 heavy (non-hydrogen) atoms. The van der Waals surface area contributed by atoms with Crippen molar-refractivity contribution in [2.75, 3.05) is 20.3 Å². The van der Waals surface area contributed by atoms with Crippen molar-refractivity contribution in [2.45, 2.75) is 31.8 Å². The van der Waals surface area contributed by atoms with Gasteiger partial charge in [-0.2, -0.15) is 5.10 Å². The lowest BCUT2D eigenvalue weighted by molar-refractivity contribution is -0.154. The second-order valence-corrected chi connectivity index (χ2v) is 8.36. The Kier molecular flexibility index (Phi) is 6.10. The number of amides is 4. The topological polar surface area (TPSA) is 131 Å². The molecule has 0 spiro atoms. The summed E-state index contributed by atoms with van der Waals surface area (Å²) in [5, 5.41) is 8.16. The maximum Gasteiger partial charge on any atom is 0.326 e. The van der Waals surface area contributed by atoms with Crippen LogP contribution < -0.4 is 10.1 Å². The number of hydrazone groups is 1. The summed E-state index contributed by atoms with van der Waals surface area (Å²) in [4.78, 5) is 50.1. The van der Waals surface area contributed by atoms with Crippen LogP contribution in [0, 0.1) is 0 Å². The van der Waals surface area contributed by atoms with E-state index in [1.807, 2.05) is 12.1 Å². The quantitative estimate of drug-likeness (QED) is 0.485. The van der Waals surface area contributed by atoms with E-state index in [2.05, 4.69) is 10.4 Å². The van der Waals surface area contributed by atoms with Crippen LogP contribution in [0.5, 0.6) is 5.75 Å². The Balaban J connectivity index is 1.44. The Labute approximate surface area is 195 Å². The number of urea groups is 1. The average molecular weight is 468 g/mol. The van der Waals surface area contributed by atoms with Gasteiger partial charge in [-0.15, -0.1) is 0 Å². The van der Waals surface area contributed by atoms with Crippen molar-refractivity contribution in [3.63, 3.8) is 0 Å². The van der Waals surface area contributed by atoms with Gasteiger partial charge < -0.3 is 19.2 Å². The average Bonchev–Trinajstić information content (AvgIpc) is 3.53. The number of furan rings is 1. The smallest absolute Gasteiger partial charge is 0.326 e. The molecule has 0 saturated carbocycles. The summed E-state index contributed by atoms with van der Waals surface area (Å²) in [6, 6.07) is 9.52. The van der Waals surface area contributed by atoms with E-state index in [0.29, 0.717) is 23.6 Å². The van der Waals surface area contributed by atoms with Crippen molar-refractivity contribution in [1.82, 2.24) is 15.2 Å². The Bertz CT molecular complexity index is 1140. The zero-order chi connectivity index (χ0) is 24.5. The van der Waals surface area contributed by atoms with Gasteiger partial charge in [0, 0.05) is 6.42 Å². The van der Waals surface area contributed by atoms with E-state index in [1.54, 1.807) is 31.4 Å². The number of esters is 1. The molecule has 1 aromatic heterocycles. The van der Waals surface area contributed by atoms with Crippen LogP contribution in [-0.2, 0) is 19.1 Å². The molecule has 11 heteroatoms. The van der Waals surface area contributed by atoms with Crippen LogP contribution in [-0.4, -0.2) is 65.2 Å². The van der Waals surface area contributed by atoms with Crippen molar-refractivity contribution in [2.24, 2.45) is 5.10 Å². The van der Waals surface area contributed by atoms with E-state index in [4.69, 9.17) is 13.9 Å². The minimum absolute atomic E-state index is 0.400. The van der Waals surface area contributed by atoms with E-state index in [1.165, 1.54) is 25.1 Å². The van der Waals surface area contributed by atoms with Crippen LogP contribution >= 0.6 is 0 Å². The van der Waals surface area contributed by atoms with E-state index in [-0.39, 0.29) is 0 Å². The van der Waals surface area contributed by atoms with Gasteiger partial charge in [0.05, 0.1) is 19.1 Å². The van der Waals surface area contributed by atoms with Crippen molar-refractivity contribution >= 4 is 29.5 Å². The number of nitrogens with one attached hydrogen (secondary N) is 1. The first-order valence-corrected chi connectivity index (χ1v) is 10.6. The minimum atomic E-state index is -1.11. The fourth-order valence-corrected chi connectivity index (χ4v) is 3.75. The number of hydrogen-bond acceptors (Lipinski definition) is 8. The molecule has 11 nitrogen and oxygen atoms in total. The minimum Gasteiger partial charge on any atom is -0.497 e. The second kappa shape index (κ2) is 9.00. The fourth-order valence-electron chi connectivity index (χ4n) is 3.75. The first-order chi connectivity index (χ1) is 16.2. The number of nitrogens with zero attached hydrogens (tertiary/aromatic N) is 3. The predicted molar refractivity (Wildman–Crippen MR) is 118 cm³/mol. The normalized spacial score (nSPS) is 19.1. The summed E-state index contributed by atoms with van der Waals surface area (Å²) >= 11 is 0. The second-order valence-electron chi connectivity index (χ2n) is 8.36. The third-order valence-corrected chi connectivity index (χ3v) is 5.55. The molecule has 178 valence electrons. The Morgan fingerprint density at radius 3 is 2.53 bits per heavy atom. The van der Waals surface area contributed by atoms with Crippen molar-refractivity contribution in [3.8, 4) is 5.75 Å². The number of methoxy groups -OCH3 is 1. The van der Waals surface area contributed by atoms with Gasteiger partial charge in [0.2, 0.25) is 0 Å². The first-order valence-electron chi connectivity index (χ1n) is 10.6. The van der Waals surface area contributed by atoms with Crippen LogP contribution in [0.25, 0.3) is 0 Å². The third-order valence-electron chi connectivity index (χ3n) is 5.55. The number of carbonyl (C=O) groups is 4. The van der Waals surface area contributed by atoms with Crippen molar-refractivity contribution in [1.29, 1.82) is 0 Å². The molecule has 4 amide bonds. The Morgan fingerprint density at radius 2 is 1.94 bits per heavy atom.